The molecule has 0 spiro atoms. The van der Waals surface area contributed by atoms with Crippen LogP contribution in [0.15, 0.2) is 43.7 Å². The lowest BCUT2D eigenvalue weighted by atomic mass is 10.2. The number of amides is 2. The highest BCUT2D eigenvalue weighted by Gasteiger charge is 2.15. The lowest BCUT2D eigenvalue weighted by Crippen LogP contribution is -2.49. The van der Waals surface area contributed by atoms with Gasteiger partial charge in [0.05, 0.1) is 17.1 Å². The van der Waals surface area contributed by atoms with Crippen LogP contribution in [0.3, 0.4) is 0 Å². The molecule has 0 saturated heterocycles. The highest BCUT2D eigenvalue weighted by atomic mass is 79.9. The Morgan fingerprint density at radius 1 is 1.07 bits per heavy atom. The number of rotatable bonds is 5. The zero-order chi connectivity index (χ0) is 21.6. The minimum absolute atomic E-state index is 0.0774. The van der Waals surface area contributed by atoms with E-state index >= 15 is 0 Å². The third-order valence-electron chi connectivity index (χ3n) is 3.49. The Kier molecular flexibility index (Phi) is 8.87. The van der Waals surface area contributed by atoms with Crippen molar-refractivity contribution in [2.45, 2.75) is 6.92 Å². The van der Waals surface area contributed by atoms with Crippen LogP contribution in [0, 0.1) is 6.92 Å². The average molecular weight is 610 g/mol. The first-order valence-corrected chi connectivity index (χ1v) is 10.8. The molecule has 11 heteroatoms. The Morgan fingerprint density at radius 2 is 1.79 bits per heavy atom. The zero-order valence-electron chi connectivity index (χ0n) is 15.3. The van der Waals surface area contributed by atoms with Crippen LogP contribution in [0.2, 0.25) is 0 Å². The Hall–Kier alpha value is -1.69. The molecular formula is C18H16Br3N3O4S. The number of thiocarbonyl (C=S) groups is 1. The fourth-order valence-corrected chi connectivity index (χ4v) is 4.29. The van der Waals surface area contributed by atoms with Crippen molar-refractivity contribution in [2.24, 2.45) is 0 Å². The number of hydrazine groups is 1. The van der Waals surface area contributed by atoms with Gasteiger partial charge < -0.3 is 9.47 Å². The van der Waals surface area contributed by atoms with Gasteiger partial charge in [-0.2, -0.15) is 0 Å². The maximum Gasteiger partial charge on any atom is 0.276 e. The largest absolute Gasteiger partial charge is 0.496 e. The quantitative estimate of drug-likeness (QED) is 0.351. The van der Waals surface area contributed by atoms with Gasteiger partial charge in [0.2, 0.25) is 0 Å². The standard InChI is InChI=1S/C18H16Br3N3O4S/c1-9-5-11(20)7-13(21)16(9)28-8-15(25)23-24-18(29)22-17(26)12-6-10(19)3-4-14(12)27-2/h3-7H,8H2,1-2H3,(H,23,25)(H2,22,24,26,29). The fourth-order valence-electron chi connectivity index (χ4n) is 2.23. The van der Waals surface area contributed by atoms with Crippen molar-refractivity contribution in [2.75, 3.05) is 13.7 Å². The van der Waals surface area contributed by atoms with Gasteiger partial charge in [-0.05, 0) is 71.0 Å². The van der Waals surface area contributed by atoms with Crippen LogP contribution >= 0.6 is 60.0 Å². The van der Waals surface area contributed by atoms with E-state index in [1.54, 1.807) is 18.2 Å². The first-order valence-electron chi connectivity index (χ1n) is 8.03. The van der Waals surface area contributed by atoms with Gasteiger partial charge in [-0.15, -0.1) is 0 Å². The maximum atomic E-state index is 12.4. The molecule has 0 saturated carbocycles. The van der Waals surface area contributed by atoms with Crippen LogP contribution < -0.4 is 25.6 Å². The summed E-state index contributed by atoms with van der Waals surface area (Å²) in [5.41, 5.74) is 5.97. The third kappa shape index (κ3) is 6.95. The molecule has 0 heterocycles. The second-order valence-corrected chi connectivity index (χ2v) is 8.72. The maximum absolute atomic E-state index is 12.4. The number of halogens is 3. The summed E-state index contributed by atoms with van der Waals surface area (Å²) < 4.78 is 13.0. The van der Waals surface area contributed by atoms with Crippen molar-refractivity contribution in [3.05, 3.63) is 54.9 Å². The molecule has 0 aliphatic rings. The van der Waals surface area contributed by atoms with Gasteiger partial charge >= 0.3 is 0 Å². The molecule has 0 atom stereocenters. The number of benzene rings is 2. The molecule has 0 radical (unpaired) electrons. The number of carbonyl (C=O) groups is 2. The van der Waals surface area contributed by atoms with Gasteiger partial charge in [0, 0.05) is 8.95 Å². The minimum atomic E-state index is -0.486. The average Bonchev–Trinajstić information content (AvgIpc) is 2.65. The van der Waals surface area contributed by atoms with Crippen molar-refractivity contribution in [3.8, 4) is 11.5 Å². The molecule has 0 aromatic heterocycles. The number of ether oxygens (including phenoxy) is 2. The molecule has 2 amide bonds. The molecule has 0 fully saturated rings. The summed E-state index contributed by atoms with van der Waals surface area (Å²) in [5.74, 6) is -0.0150. The van der Waals surface area contributed by atoms with E-state index in [0.717, 1.165) is 14.5 Å². The molecule has 0 unspecified atom stereocenters. The van der Waals surface area contributed by atoms with Gasteiger partial charge in [0.15, 0.2) is 11.7 Å². The van der Waals surface area contributed by atoms with Crippen LogP contribution in [0.25, 0.3) is 0 Å². The number of hydrogen-bond donors (Lipinski definition) is 3. The topological polar surface area (TPSA) is 88.7 Å². The smallest absolute Gasteiger partial charge is 0.276 e. The molecule has 0 bridgehead atoms. The minimum Gasteiger partial charge on any atom is -0.496 e. The fraction of sp³-hybridized carbons (Fsp3) is 0.167. The van der Waals surface area contributed by atoms with Crippen LogP contribution in [0.4, 0.5) is 0 Å². The van der Waals surface area contributed by atoms with Crippen molar-refractivity contribution >= 4 is 76.9 Å². The van der Waals surface area contributed by atoms with E-state index in [2.05, 4.69) is 64.0 Å². The van der Waals surface area contributed by atoms with E-state index in [9.17, 15) is 9.59 Å². The SMILES string of the molecule is COc1ccc(Br)cc1C(=O)NC(=S)NNC(=O)COc1c(C)cc(Br)cc1Br. The first kappa shape index (κ1) is 23.6. The van der Waals surface area contributed by atoms with E-state index in [1.807, 2.05) is 19.1 Å². The van der Waals surface area contributed by atoms with Crippen LogP contribution in [0.5, 0.6) is 11.5 Å². The molecule has 0 aliphatic heterocycles. The van der Waals surface area contributed by atoms with E-state index in [1.165, 1.54) is 7.11 Å². The molecule has 2 aromatic carbocycles. The second-order valence-electron chi connectivity index (χ2n) is 5.62. The van der Waals surface area contributed by atoms with Gasteiger partial charge in [-0.25, -0.2) is 0 Å². The lowest BCUT2D eigenvalue weighted by Gasteiger charge is -2.14. The molecular weight excluding hydrogens is 594 g/mol. The summed E-state index contributed by atoms with van der Waals surface area (Å²) in [4.78, 5) is 24.3. The van der Waals surface area contributed by atoms with E-state index in [-0.39, 0.29) is 17.3 Å². The van der Waals surface area contributed by atoms with Crippen LogP contribution in [0.1, 0.15) is 15.9 Å². The van der Waals surface area contributed by atoms with E-state index < -0.39 is 11.8 Å². The molecule has 2 aromatic rings. The highest BCUT2D eigenvalue weighted by Crippen LogP contribution is 2.32. The predicted octanol–water partition coefficient (Wildman–Crippen LogP) is 4.01. The second kappa shape index (κ2) is 10.9. The van der Waals surface area contributed by atoms with Crippen molar-refractivity contribution in [1.82, 2.24) is 16.2 Å². The molecule has 29 heavy (non-hydrogen) atoms. The number of hydrogen-bond acceptors (Lipinski definition) is 5. The number of aryl methyl sites for hydroxylation is 1. The van der Waals surface area contributed by atoms with Crippen molar-refractivity contribution < 1.29 is 19.1 Å². The van der Waals surface area contributed by atoms with Gasteiger partial charge in [0.25, 0.3) is 11.8 Å². The van der Waals surface area contributed by atoms with Gasteiger partial charge in [-0.1, -0.05) is 31.9 Å². The lowest BCUT2D eigenvalue weighted by molar-refractivity contribution is -0.123. The molecule has 154 valence electrons. The Balaban J connectivity index is 1.85. The summed E-state index contributed by atoms with van der Waals surface area (Å²) in [7, 11) is 1.46. The number of nitrogens with one attached hydrogen (secondary N) is 3. The monoisotopic (exact) mass is 607 g/mol. The summed E-state index contributed by atoms with van der Waals surface area (Å²) in [6.07, 6.45) is 0. The van der Waals surface area contributed by atoms with Gasteiger partial charge in [0.1, 0.15) is 11.5 Å². The summed E-state index contributed by atoms with van der Waals surface area (Å²) in [6.45, 7) is 1.62. The van der Waals surface area contributed by atoms with Crippen LogP contribution in [-0.4, -0.2) is 30.6 Å². The molecule has 3 N–H and O–H groups in total. The Morgan fingerprint density at radius 3 is 2.45 bits per heavy atom. The van der Waals surface area contributed by atoms with Gasteiger partial charge in [-0.3, -0.25) is 25.8 Å². The summed E-state index contributed by atoms with van der Waals surface area (Å²) >= 11 is 15.1. The van der Waals surface area contributed by atoms with E-state index in [0.29, 0.717) is 16.0 Å². The van der Waals surface area contributed by atoms with Crippen molar-refractivity contribution in [1.29, 1.82) is 0 Å². The molecule has 2 rings (SSSR count). The summed E-state index contributed by atoms with van der Waals surface area (Å²) in [5, 5.41) is 2.39. The van der Waals surface area contributed by atoms with Crippen molar-refractivity contribution in [3.63, 3.8) is 0 Å². The Labute approximate surface area is 198 Å². The molecule has 0 aliphatic carbocycles. The number of carbonyl (C=O) groups excluding carboxylic acids is 2. The zero-order valence-corrected chi connectivity index (χ0v) is 20.8. The van der Waals surface area contributed by atoms with E-state index in [4.69, 9.17) is 21.7 Å². The highest BCUT2D eigenvalue weighted by molar-refractivity contribution is 9.11. The van der Waals surface area contributed by atoms with Crippen LogP contribution in [-0.2, 0) is 4.79 Å². The number of methoxy groups -OCH3 is 1. The first-order chi connectivity index (χ1) is 13.7. The normalized spacial score (nSPS) is 10.1. The predicted molar refractivity (Wildman–Crippen MR) is 124 cm³/mol. The third-order valence-corrected chi connectivity index (χ3v) is 5.23. The summed E-state index contributed by atoms with van der Waals surface area (Å²) in [6, 6.07) is 8.69. The Bertz CT molecular complexity index is 933. The molecule has 7 nitrogen and oxygen atoms in total.